The Bertz CT molecular complexity index is 498. The smallest absolute Gasteiger partial charge is 0.227 e. The molecule has 1 aliphatic carbocycles. The largest absolute Gasteiger partial charge is 0.345 e. The van der Waals surface area contributed by atoms with Crippen LogP contribution >= 0.6 is 12.4 Å². The summed E-state index contributed by atoms with van der Waals surface area (Å²) in [5.41, 5.74) is 1.18. The third kappa shape index (κ3) is 3.63. The highest BCUT2D eigenvalue weighted by molar-refractivity contribution is 5.85. The lowest BCUT2D eigenvalue weighted by atomic mass is 9.89. The van der Waals surface area contributed by atoms with Crippen molar-refractivity contribution in [1.29, 1.82) is 0 Å². The zero-order valence-electron chi connectivity index (χ0n) is 13.5. The predicted octanol–water partition coefficient (Wildman–Crippen LogP) is 1.79. The summed E-state index contributed by atoms with van der Waals surface area (Å²) in [5, 5.41) is 7.62. The van der Waals surface area contributed by atoms with Crippen LogP contribution in [0, 0.1) is 11.8 Å². The zero-order chi connectivity index (χ0) is 14.8. The first-order valence-electron chi connectivity index (χ1n) is 8.09. The van der Waals surface area contributed by atoms with E-state index in [0.717, 1.165) is 19.6 Å². The molecule has 22 heavy (non-hydrogen) atoms. The number of rotatable bonds is 4. The van der Waals surface area contributed by atoms with Gasteiger partial charge in [-0.05, 0) is 24.3 Å². The van der Waals surface area contributed by atoms with E-state index < -0.39 is 0 Å². The van der Waals surface area contributed by atoms with Crippen molar-refractivity contribution in [1.82, 2.24) is 20.0 Å². The third-order valence-electron chi connectivity index (χ3n) is 5.07. The summed E-state index contributed by atoms with van der Waals surface area (Å²) < 4.78 is 1.82. The number of nitrogens with one attached hydrogen (secondary N) is 1. The van der Waals surface area contributed by atoms with Crippen LogP contribution in [0.1, 0.15) is 37.2 Å². The fraction of sp³-hybridized carbons (Fsp3) is 0.750. The maximum Gasteiger partial charge on any atom is 0.227 e. The normalized spacial score (nSPS) is 25.2. The number of carbonyl (C=O) groups excluding carboxylic acids is 1. The van der Waals surface area contributed by atoms with Gasteiger partial charge in [0.25, 0.3) is 0 Å². The highest BCUT2D eigenvalue weighted by atomic mass is 35.5. The molecular formula is C16H27ClN4O. The van der Waals surface area contributed by atoms with Crippen LogP contribution in [-0.2, 0) is 11.8 Å². The van der Waals surface area contributed by atoms with Gasteiger partial charge in [-0.1, -0.05) is 12.8 Å². The average Bonchev–Trinajstić information content (AvgIpc) is 3.17. The van der Waals surface area contributed by atoms with E-state index in [1.165, 1.54) is 31.2 Å². The third-order valence-corrected chi connectivity index (χ3v) is 5.07. The summed E-state index contributed by atoms with van der Waals surface area (Å²) in [6.45, 7) is 2.59. The van der Waals surface area contributed by atoms with Gasteiger partial charge in [0.15, 0.2) is 0 Å². The topological polar surface area (TPSA) is 50.2 Å². The Kier molecular flexibility index (Phi) is 5.87. The molecule has 0 unspecified atom stereocenters. The standard InChI is InChI=1S/C16H26N4O.ClH/c1-19(10-12-5-3-4-6-12)16(21)15-9-17-8-14(15)13-7-18-20(2)11-13;/h7,11-12,14-15,17H,3-6,8-10H2,1-2H3;1H/t14-,15+;/m1./s1. The number of nitrogens with zero attached hydrogens (tertiary/aromatic N) is 3. The van der Waals surface area contributed by atoms with E-state index in [0.29, 0.717) is 11.8 Å². The molecule has 0 radical (unpaired) electrons. The van der Waals surface area contributed by atoms with Crippen LogP contribution in [0.2, 0.25) is 0 Å². The van der Waals surface area contributed by atoms with E-state index in [1.807, 2.05) is 36.1 Å². The van der Waals surface area contributed by atoms with E-state index in [4.69, 9.17) is 0 Å². The molecule has 124 valence electrons. The number of halogens is 1. The molecule has 1 aromatic heterocycles. The lowest BCUT2D eigenvalue weighted by Crippen LogP contribution is -2.38. The van der Waals surface area contributed by atoms with Crippen LogP contribution in [0.3, 0.4) is 0 Å². The SMILES string of the molecule is CN(CC1CCCC1)C(=O)[C@H]1CNC[C@@H]1c1cnn(C)c1.Cl. The number of carbonyl (C=O) groups is 1. The maximum atomic E-state index is 12.8. The number of aryl methyl sites for hydroxylation is 1. The van der Waals surface area contributed by atoms with Crippen molar-refractivity contribution < 1.29 is 4.79 Å². The molecule has 1 aromatic rings. The quantitative estimate of drug-likeness (QED) is 0.918. The number of amides is 1. The average molecular weight is 327 g/mol. The van der Waals surface area contributed by atoms with E-state index in [9.17, 15) is 4.79 Å². The monoisotopic (exact) mass is 326 g/mol. The van der Waals surface area contributed by atoms with Crippen molar-refractivity contribution in [3.63, 3.8) is 0 Å². The lowest BCUT2D eigenvalue weighted by Gasteiger charge is -2.26. The summed E-state index contributed by atoms with van der Waals surface area (Å²) in [7, 11) is 3.90. The molecule has 2 atom stereocenters. The Hall–Kier alpha value is -1.07. The Morgan fingerprint density at radius 1 is 1.41 bits per heavy atom. The molecule has 1 N–H and O–H groups in total. The Balaban J connectivity index is 0.00000176. The molecule has 2 fully saturated rings. The molecule has 2 heterocycles. The molecule has 1 amide bonds. The number of aromatic nitrogens is 2. The van der Waals surface area contributed by atoms with Crippen molar-refractivity contribution >= 4 is 18.3 Å². The van der Waals surface area contributed by atoms with Gasteiger partial charge in [-0.25, -0.2) is 0 Å². The minimum Gasteiger partial charge on any atom is -0.345 e. The summed E-state index contributed by atoms with van der Waals surface area (Å²) >= 11 is 0. The van der Waals surface area contributed by atoms with Crippen LogP contribution in [0.5, 0.6) is 0 Å². The van der Waals surface area contributed by atoms with Gasteiger partial charge < -0.3 is 10.2 Å². The van der Waals surface area contributed by atoms with Crippen molar-refractivity contribution in [2.24, 2.45) is 18.9 Å². The first-order chi connectivity index (χ1) is 10.1. The van der Waals surface area contributed by atoms with Gasteiger partial charge in [-0.2, -0.15) is 5.10 Å². The zero-order valence-corrected chi connectivity index (χ0v) is 14.3. The minimum atomic E-state index is 0. The molecule has 1 saturated carbocycles. The predicted molar refractivity (Wildman–Crippen MR) is 89.2 cm³/mol. The van der Waals surface area contributed by atoms with Gasteiger partial charge in [0.05, 0.1) is 12.1 Å². The Morgan fingerprint density at radius 2 is 2.14 bits per heavy atom. The van der Waals surface area contributed by atoms with Gasteiger partial charge >= 0.3 is 0 Å². The first kappa shape index (κ1) is 17.3. The summed E-state index contributed by atoms with van der Waals surface area (Å²) in [6, 6.07) is 0. The molecular weight excluding hydrogens is 300 g/mol. The van der Waals surface area contributed by atoms with Gasteiger partial charge in [0, 0.05) is 45.8 Å². The molecule has 0 spiro atoms. The van der Waals surface area contributed by atoms with Crippen LogP contribution in [0.15, 0.2) is 12.4 Å². The van der Waals surface area contributed by atoms with Gasteiger partial charge in [-0.3, -0.25) is 9.48 Å². The van der Waals surface area contributed by atoms with Crippen LogP contribution in [-0.4, -0.2) is 47.3 Å². The first-order valence-corrected chi connectivity index (χ1v) is 8.09. The van der Waals surface area contributed by atoms with Crippen molar-refractivity contribution in [3.05, 3.63) is 18.0 Å². The highest BCUT2D eigenvalue weighted by Gasteiger charge is 2.36. The molecule has 1 saturated heterocycles. The number of hydrogen-bond donors (Lipinski definition) is 1. The lowest BCUT2D eigenvalue weighted by molar-refractivity contribution is -0.134. The molecule has 0 bridgehead atoms. The minimum absolute atomic E-state index is 0. The second kappa shape index (κ2) is 7.47. The van der Waals surface area contributed by atoms with Crippen molar-refractivity contribution in [2.75, 3.05) is 26.7 Å². The van der Waals surface area contributed by atoms with Crippen LogP contribution in [0.4, 0.5) is 0 Å². The van der Waals surface area contributed by atoms with Gasteiger partial charge in [0.1, 0.15) is 0 Å². The van der Waals surface area contributed by atoms with Crippen molar-refractivity contribution in [3.8, 4) is 0 Å². The second-order valence-corrected chi connectivity index (χ2v) is 6.69. The second-order valence-electron chi connectivity index (χ2n) is 6.69. The summed E-state index contributed by atoms with van der Waals surface area (Å²) in [4.78, 5) is 14.8. The molecule has 5 nitrogen and oxygen atoms in total. The fourth-order valence-corrected chi connectivity index (χ4v) is 3.87. The van der Waals surface area contributed by atoms with Crippen LogP contribution < -0.4 is 5.32 Å². The highest BCUT2D eigenvalue weighted by Crippen LogP contribution is 2.30. The molecule has 6 heteroatoms. The van der Waals surface area contributed by atoms with Gasteiger partial charge in [-0.15, -0.1) is 12.4 Å². The molecule has 3 rings (SSSR count). The fourth-order valence-electron chi connectivity index (χ4n) is 3.87. The molecule has 1 aliphatic heterocycles. The maximum absolute atomic E-state index is 12.8. The van der Waals surface area contributed by atoms with Crippen molar-refractivity contribution in [2.45, 2.75) is 31.6 Å². The van der Waals surface area contributed by atoms with Gasteiger partial charge in [0.2, 0.25) is 5.91 Å². The van der Waals surface area contributed by atoms with E-state index in [1.54, 1.807) is 0 Å². The van der Waals surface area contributed by atoms with E-state index >= 15 is 0 Å². The van der Waals surface area contributed by atoms with Crippen LogP contribution in [0.25, 0.3) is 0 Å². The van der Waals surface area contributed by atoms with E-state index in [2.05, 4.69) is 10.4 Å². The number of hydrogen-bond acceptors (Lipinski definition) is 3. The summed E-state index contributed by atoms with van der Waals surface area (Å²) in [6.07, 6.45) is 9.16. The Morgan fingerprint density at radius 3 is 2.77 bits per heavy atom. The Labute approximate surface area is 138 Å². The molecule has 0 aromatic carbocycles. The summed E-state index contributed by atoms with van der Waals surface area (Å²) in [5.74, 6) is 1.32. The van der Waals surface area contributed by atoms with E-state index in [-0.39, 0.29) is 24.2 Å². The molecule has 2 aliphatic rings.